The Labute approximate surface area is 84.8 Å². The van der Waals surface area contributed by atoms with Gasteiger partial charge in [-0.25, -0.2) is 0 Å². The van der Waals surface area contributed by atoms with Gasteiger partial charge in [-0.1, -0.05) is 30.8 Å². The zero-order valence-electron chi connectivity index (χ0n) is 8.52. The summed E-state index contributed by atoms with van der Waals surface area (Å²) in [6.45, 7) is 0. The highest BCUT2D eigenvalue weighted by atomic mass is 16.4. The van der Waals surface area contributed by atoms with Crippen LogP contribution in [0.2, 0.25) is 0 Å². The number of rotatable bonds is 3. The fourth-order valence-corrected chi connectivity index (χ4v) is 2.12. The molecule has 0 aromatic heterocycles. The van der Waals surface area contributed by atoms with Gasteiger partial charge in [0.1, 0.15) is 5.84 Å². The van der Waals surface area contributed by atoms with Gasteiger partial charge < -0.3 is 16.0 Å². The Morgan fingerprint density at radius 1 is 1.29 bits per heavy atom. The molecule has 0 aliphatic heterocycles. The van der Waals surface area contributed by atoms with Crippen molar-refractivity contribution < 1.29 is 10.3 Å². The van der Waals surface area contributed by atoms with Crippen molar-refractivity contribution in [2.45, 2.75) is 51.0 Å². The van der Waals surface area contributed by atoms with Crippen molar-refractivity contribution in [1.29, 1.82) is 0 Å². The van der Waals surface area contributed by atoms with Gasteiger partial charge in [0.15, 0.2) is 0 Å². The van der Waals surface area contributed by atoms with Crippen molar-refractivity contribution in [2.75, 3.05) is 0 Å². The third kappa shape index (κ3) is 3.54. The number of amidine groups is 1. The Morgan fingerprint density at radius 2 is 1.86 bits per heavy atom. The van der Waals surface area contributed by atoms with Gasteiger partial charge in [-0.15, -0.1) is 0 Å². The van der Waals surface area contributed by atoms with Gasteiger partial charge in [0.05, 0.1) is 6.10 Å². The summed E-state index contributed by atoms with van der Waals surface area (Å²) in [6.07, 6.45) is 6.92. The van der Waals surface area contributed by atoms with Gasteiger partial charge in [-0.2, -0.15) is 0 Å². The lowest BCUT2D eigenvalue weighted by Gasteiger charge is -2.20. The first-order chi connectivity index (χ1) is 6.74. The van der Waals surface area contributed by atoms with Gasteiger partial charge in [-0.3, -0.25) is 0 Å². The van der Waals surface area contributed by atoms with Crippen LogP contribution in [-0.2, 0) is 0 Å². The molecule has 0 bridgehead atoms. The van der Waals surface area contributed by atoms with Crippen LogP contribution >= 0.6 is 0 Å². The molecule has 1 fully saturated rings. The number of oxime groups is 1. The summed E-state index contributed by atoms with van der Waals surface area (Å²) in [4.78, 5) is 0. The van der Waals surface area contributed by atoms with E-state index < -0.39 is 6.10 Å². The SMILES string of the molecule is N/C(C[C@@H](O)C1CCCCCC1)=N\O. The number of hydrogen-bond acceptors (Lipinski definition) is 3. The molecule has 0 radical (unpaired) electrons. The van der Waals surface area contributed by atoms with E-state index >= 15 is 0 Å². The number of nitrogens with two attached hydrogens (primary N) is 1. The van der Waals surface area contributed by atoms with E-state index in [0.717, 1.165) is 12.8 Å². The average molecular weight is 200 g/mol. The topological polar surface area (TPSA) is 78.8 Å². The maximum Gasteiger partial charge on any atom is 0.141 e. The molecule has 1 saturated carbocycles. The van der Waals surface area contributed by atoms with Crippen LogP contribution in [-0.4, -0.2) is 22.3 Å². The zero-order chi connectivity index (χ0) is 10.4. The largest absolute Gasteiger partial charge is 0.409 e. The first-order valence-corrected chi connectivity index (χ1v) is 5.38. The predicted molar refractivity (Wildman–Crippen MR) is 55.2 cm³/mol. The molecule has 82 valence electrons. The van der Waals surface area contributed by atoms with E-state index in [4.69, 9.17) is 10.9 Å². The molecule has 1 aliphatic rings. The molecule has 4 nitrogen and oxygen atoms in total. The molecule has 0 amide bonds. The Hall–Kier alpha value is -0.770. The molecular weight excluding hydrogens is 180 g/mol. The highest BCUT2D eigenvalue weighted by Gasteiger charge is 2.21. The number of aliphatic hydroxyl groups excluding tert-OH is 1. The molecule has 1 atom stereocenters. The van der Waals surface area contributed by atoms with Crippen molar-refractivity contribution in [3.05, 3.63) is 0 Å². The fraction of sp³-hybridized carbons (Fsp3) is 0.900. The summed E-state index contributed by atoms with van der Waals surface area (Å²) in [6, 6.07) is 0. The van der Waals surface area contributed by atoms with E-state index in [-0.39, 0.29) is 5.84 Å². The first kappa shape index (κ1) is 11.3. The average Bonchev–Trinajstić information content (AvgIpc) is 2.45. The highest BCUT2D eigenvalue weighted by molar-refractivity contribution is 5.80. The van der Waals surface area contributed by atoms with E-state index in [0.29, 0.717) is 12.3 Å². The smallest absolute Gasteiger partial charge is 0.141 e. The maximum atomic E-state index is 9.83. The highest BCUT2D eigenvalue weighted by Crippen LogP contribution is 2.26. The van der Waals surface area contributed by atoms with Crippen molar-refractivity contribution in [3.63, 3.8) is 0 Å². The normalized spacial score (nSPS) is 23.1. The molecule has 0 spiro atoms. The molecule has 1 aliphatic carbocycles. The third-order valence-corrected chi connectivity index (χ3v) is 2.99. The molecule has 0 aromatic carbocycles. The van der Waals surface area contributed by atoms with E-state index in [2.05, 4.69) is 5.16 Å². The Balaban J connectivity index is 2.37. The zero-order valence-corrected chi connectivity index (χ0v) is 8.52. The Bertz CT molecular complexity index is 187. The second-order valence-corrected chi connectivity index (χ2v) is 4.11. The Kier molecular flexibility index (Phi) is 4.73. The molecule has 14 heavy (non-hydrogen) atoms. The van der Waals surface area contributed by atoms with Gasteiger partial charge in [-0.05, 0) is 18.8 Å². The van der Waals surface area contributed by atoms with Crippen molar-refractivity contribution >= 4 is 5.84 Å². The molecule has 4 N–H and O–H groups in total. The minimum atomic E-state index is -0.441. The lowest BCUT2D eigenvalue weighted by Crippen LogP contribution is -2.27. The van der Waals surface area contributed by atoms with Gasteiger partial charge >= 0.3 is 0 Å². The van der Waals surface area contributed by atoms with Crippen LogP contribution in [0.3, 0.4) is 0 Å². The minimum Gasteiger partial charge on any atom is -0.409 e. The quantitative estimate of drug-likeness (QED) is 0.212. The maximum absolute atomic E-state index is 9.83. The summed E-state index contributed by atoms with van der Waals surface area (Å²) in [5.41, 5.74) is 5.36. The van der Waals surface area contributed by atoms with E-state index in [1.165, 1.54) is 25.7 Å². The van der Waals surface area contributed by atoms with Crippen molar-refractivity contribution in [3.8, 4) is 0 Å². The summed E-state index contributed by atoms with van der Waals surface area (Å²) < 4.78 is 0. The summed E-state index contributed by atoms with van der Waals surface area (Å²) in [5.74, 6) is 0.458. The predicted octanol–water partition coefficient (Wildman–Crippen LogP) is 1.45. The van der Waals surface area contributed by atoms with Gasteiger partial charge in [0, 0.05) is 6.42 Å². The molecule has 1 rings (SSSR count). The third-order valence-electron chi connectivity index (χ3n) is 2.99. The van der Waals surface area contributed by atoms with Crippen LogP contribution in [0, 0.1) is 5.92 Å². The molecule has 4 heteroatoms. The second-order valence-electron chi connectivity index (χ2n) is 4.11. The molecule has 0 heterocycles. The molecule has 0 aromatic rings. The van der Waals surface area contributed by atoms with Crippen LogP contribution < -0.4 is 5.73 Å². The van der Waals surface area contributed by atoms with Crippen molar-refractivity contribution in [1.82, 2.24) is 0 Å². The number of hydrogen-bond donors (Lipinski definition) is 3. The minimum absolute atomic E-state index is 0.127. The first-order valence-electron chi connectivity index (χ1n) is 5.38. The van der Waals surface area contributed by atoms with Crippen LogP contribution in [0.1, 0.15) is 44.9 Å². The standard InChI is InChI=1S/C10H20N2O2/c11-10(12-14)7-9(13)8-5-3-1-2-4-6-8/h8-9,13-14H,1-7H2,(H2,11,12)/t9-/m1/s1. The lowest BCUT2D eigenvalue weighted by molar-refractivity contribution is 0.104. The van der Waals surface area contributed by atoms with Gasteiger partial charge in [0.2, 0.25) is 0 Å². The lowest BCUT2D eigenvalue weighted by atomic mass is 9.92. The number of nitrogens with zero attached hydrogens (tertiary/aromatic N) is 1. The Morgan fingerprint density at radius 3 is 2.36 bits per heavy atom. The van der Waals surface area contributed by atoms with Crippen LogP contribution in [0.15, 0.2) is 5.16 Å². The number of aliphatic hydroxyl groups is 1. The fourth-order valence-electron chi connectivity index (χ4n) is 2.12. The van der Waals surface area contributed by atoms with Crippen molar-refractivity contribution in [2.24, 2.45) is 16.8 Å². The van der Waals surface area contributed by atoms with E-state index in [9.17, 15) is 5.11 Å². The van der Waals surface area contributed by atoms with Gasteiger partial charge in [0.25, 0.3) is 0 Å². The molecule has 0 saturated heterocycles. The summed E-state index contributed by atoms with van der Waals surface area (Å²) >= 11 is 0. The van der Waals surface area contributed by atoms with Crippen LogP contribution in [0.4, 0.5) is 0 Å². The van der Waals surface area contributed by atoms with Crippen LogP contribution in [0.5, 0.6) is 0 Å². The summed E-state index contributed by atoms with van der Waals surface area (Å²) in [5, 5.41) is 21.1. The van der Waals surface area contributed by atoms with E-state index in [1.54, 1.807) is 0 Å². The second kappa shape index (κ2) is 5.86. The summed E-state index contributed by atoms with van der Waals surface area (Å²) in [7, 11) is 0. The monoisotopic (exact) mass is 200 g/mol. The molecular formula is C10H20N2O2. The molecule has 0 unspecified atom stereocenters. The van der Waals surface area contributed by atoms with E-state index in [1.807, 2.05) is 0 Å². The van der Waals surface area contributed by atoms with Crippen LogP contribution in [0.25, 0.3) is 0 Å².